The quantitative estimate of drug-likeness (QED) is 0.633. The fraction of sp³-hybridized carbons (Fsp3) is 0.381. The van der Waals surface area contributed by atoms with Gasteiger partial charge in [-0.3, -0.25) is 15.1 Å². The SMILES string of the molecule is CN(C)CCCN(C)c1ccc(C2=CC(CNC(=O)c3ccc(Cl)s3)ON2)cc1. The number of anilines is 1. The van der Waals surface area contributed by atoms with Crippen LogP contribution in [-0.4, -0.2) is 57.7 Å². The Morgan fingerprint density at radius 2 is 1.93 bits per heavy atom. The predicted molar refractivity (Wildman–Crippen MR) is 121 cm³/mol. The summed E-state index contributed by atoms with van der Waals surface area (Å²) in [4.78, 5) is 22.7. The van der Waals surface area contributed by atoms with Gasteiger partial charge in [0.2, 0.25) is 0 Å². The molecule has 0 spiro atoms. The van der Waals surface area contributed by atoms with E-state index in [9.17, 15) is 4.79 Å². The first-order valence-corrected chi connectivity index (χ1v) is 10.7. The number of benzene rings is 1. The summed E-state index contributed by atoms with van der Waals surface area (Å²) >= 11 is 7.14. The van der Waals surface area contributed by atoms with E-state index >= 15 is 0 Å². The number of nitrogens with one attached hydrogen (secondary N) is 2. The number of hydrogen-bond acceptors (Lipinski definition) is 6. The van der Waals surface area contributed by atoms with Gasteiger partial charge in [-0.25, -0.2) is 0 Å². The average molecular weight is 435 g/mol. The van der Waals surface area contributed by atoms with Gasteiger partial charge in [0.15, 0.2) is 0 Å². The van der Waals surface area contributed by atoms with Crippen LogP contribution in [0.2, 0.25) is 4.34 Å². The summed E-state index contributed by atoms with van der Waals surface area (Å²) < 4.78 is 0.600. The van der Waals surface area contributed by atoms with Gasteiger partial charge < -0.3 is 15.1 Å². The van der Waals surface area contributed by atoms with Gasteiger partial charge >= 0.3 is 0 Å². The molecule has 0 saturated carbocycles. The first-order valence-electron chi connectivity index (χ1n) is 9.55. The van der Waals surface area contributed by atoms with E-state index in [2.05, 4.69) is 66.0 Å². The fourth-order valence-electron chi connectivity index (χ4n) is 3.01. The molecule has 1 aliphatic rings. The minimum atomic E-state index is -0.224. The van der Waals surface area contributed by atoms with Crippen molar-refractivity contribution in [1.29, 1.82) is 0 Å². The molecule has 1 amide bonds. The van der Waals surface area contributed by atoms with E-state index in [1.165, 1.54) is 17.0 Å². The normalized spacial score (nSPS) is 15.9. The summed E-state index contributed by atoms with van der Waals surface area (Å²) in [5.74, 6) is -0.144. The molecule has 156 valence electrons. The van der Waals surface area contributed by atoms with E-state index in [4.69, 9.17) is 16.4 Å². The van der Waals surface area contributed by atoms with Crippen LogP contribution in [0.3, 0.4) is 0 Å². The highest BCUT2D eigenvalue weighted by molar-refractivity contribution is 7.17. The number of amides is 1. The molecule has 2 N–H and O–H groups in total. The zero-order chi connectivity index (χ0) is 20.8. The van der Waals surface area contributed by atoms with Gasteiger partial charge in [-0.2, -0.15) is 0 Å². The van der Waals surface area contributed by atoms with E-state index in [0.29, 0.717) is 15.8 Å². The first kappa shape index (κ1) is 21.6. The molecule has 1 aromatic heterocycles. The number of rotatable bonds is 9. The van der Waals surface area contributed by atoms with Crippen LogP contribution in [0.15, 0.2) is 42.5 Å². The minimum absolute atomic E-state index is 0.144. The van der Waals surface area contributed by atoms with Crippen LogP contribution in [0.25, 0.3) is 5.70 Å². The lowest BCUT2D eigenvalue weighted by Crippen LogP contribution is -2.31. The lowest BCUT2D eigenvalue weighted by atomic mass is 10.1. The van der Waals surface area contributed by atoms with Crippen molar-refractivity contribution < 1.29 is 9.63 Å². The Labute approximate surface area is 181 Å². The Balaban J connectivity index is 1.51. The zero-order valence-electron chi connectivity index (χ0n) is 16.9. The van der Waals surface area contributed by atoms with Crippen molar-refractivity contribution in [2.24, 2.45) is 0 Å². The molecule has 2 heterocycles. The fourth-order valence-corrected chi connectivity index (χ4v) is 3.97. The summed E-state index contributed by atoms with van der Waals surface area (Å²) in [6.45, 7) is 2.48. The molecule has 1 atom stereocenters. The van der Waals surface area contributed by atoms with Crippen LogP contribution in [0, 0.1) is 0 Å². The van der Waals surface area contributed by atoms with Crippen molar-refractivity contribution in [2.45, 2.75) is 12.5 Å². The third-order valence-corrected chi connectivity index (χ3v) is 5.88. The highest BCUT2D eigenvalue weighted by Gasteiger charge is 2.19. The molecule has 1 aromatic carbocycles. The molecule has 0 fully saturated rings. The maximum absolute atomic E-state index is 12.1. The standard InChI is InChI=1S/C21H27ClN4O2S/c1-25(2)11-4-12-26(3)16-7-5-15(6-8-16)18-13-17(28-24-18)14-23-21(27)19-9-10-20(22)29-19/h5-10,13,17,24H,4,11-12,14H2,1-3H3,(H,23,27). The Hall–Kier alpha value is -2.06. The predicted octanol–water partition coefficient (Wildman–Crippen LogP) is 3.46. The van der Waals surface area contributed by atoms with Crippen molar-refractivity contribution in [3.63, 3.8) is 0 Å². The van der Waals surface area contributed by atoms with E-state index in [0.717, 1.165) is 30.8 Å². The van der Waals surface area contributed by atoms with Gasteiger partial charge in [0.05, 0.1) is 21.5 Å². The molecule has 1 aliphatic heterocycles. The Kier molecular flexibility index (Phi) is 7.55. The van der Waals surface area contributed by atoms with Crippen LogP contribution >= 0.6 is 22.9 Å². The summed E-state index contributed by atoms with van der Waals surface area (Å²) in [7, 11) is 6.30. The third-order valence-electron chi connectivity index (χ3n) is 4.65. The van der Waals surface area contributed by atoms with E-state index < -0.39 is 0 Å². The smallest absolute Gasteiger partial charge is 0.261 e. The summed E-state index contributed by atoms with van der Waals surface area (Å²) in [6.07, 6.45) is 2.88. The molecule has 0 bridgehead atoms. The van der Waals surface area contributed by atoms with Crippen LogP contribution in [-0.2, 0) is 4.84 Å². The average Bonchev–Trinajstić information content (AvgIpc) is 3.35. The highest BCUT2D eigenvalue weighted by atomic mass is 35.5. The van der Waals surface area contributed by atoms with Gasteiger partial charge in [0, 0.05) is 19.3 Å². The van der Waals surface area contributed by atoms with Gasteiger partial charge in [-0.15, -0.1) is 11.3 Å². The topological polar surface area (TPSA) is 56.8 Å². The summed E-state index contributed by atoms with van der Waals surface area (Å²) in [5, 5.41) is 2.87. The molecule has 2 aromatic rings. The zero-order valence-corrected chi connectivity index (χ0v) is 18.5. The minimum Gasteiger partial charge on any atom is -0.375 e. The summed E-state index contributed by atoms with van der Waals surface area (Å²) in [5.41, 5.74) is 6.10. The Bertz CT molecular complexity index is 851. The number of carbonyl (C=O) groups excluding carboxylic acids is 1. The van der Waals surface area contributed by atoms with Gasteiger partial charge in [0.25, 0.3) is 5.91 Å². The molecule has 8 heteroatoms. The van der Waals surface area contributed by atoms with Crippen molar-refractivity contribution in [3.05, 3.63) is 57.3 Å². The van der Waals surface area contributed by atoms with E-state index in [-0.39, 0.29) is 12.0 Å². The van der Waals surface area contributed by atoms with Crippen molar-refractivity contribution >= 4 is 40.2 Å². The van der Waals surface area contributed by atoms with Crippen molar-refractivity contribution in [2.75, 3.05) is 45.7 Å². The second-order valence-corrected chi connectivity index (χ2v) is 8.99. The van der Waals surface area contributed by atoms with E-state index in [1.807, 2.05) is 6.08 Å². The molecule has 0 aliphatic carbocycles. The number of hydroxylamine groups is 1. The van der Waals surface area contributed by atoms with Gasteiger partial charge in [-0.1, -0.05) is 23.7 Å². The first-order chi connectivity index (χ1) is 13.9. The molecular weight excluding hydrogens is 408 g/mol. The number of halogens is 1. The number of hydrogen-bond donors (Lipinski definition) is 2. The third kappa shape index (κ3) is 6.21. The van der Waals surface area contributed by atoms with Gasteiger partial charge in [-0.05, 0) is 63.0 Å². The largest absolute Gasteiger partial charge is 0.375 e. The lowest BCUT2D eigenvalue weighted by Gasteiger charge is -2.20. The van der Waals surface area contributed by atoms with E-state index in [1.54, 1.807) is 12.1 Å². The molecule has 29 heavy (non-hydrogen) atoms. The maximum Gasteiger partial charge on any atom is 0.261 e. The second kappa shape index (κ2) is 10.1. The van der Waals surface area contributed by atoms with Gasteiger partial charge in [0.1, 0.15) is 6.10 Å². The monoisotopic (exact) mass is 434 g/mol. The van der Waals surface area contributed by atoms with Crippen LogP contribution < -0.4 is 15.7 Å². The molecule has 0 saturated heterocycles. The number of nitrogens with zero attached hydrogens (tertiary/aromatic N) is 2. The van der Waals surface area contributed by atoms with Crippen molar-refractivity contribution in [1.82, 2.24) is 15.7 Å². The highest BCUT2D eigenvalue weighted by Crippen LogP contribution is 2.23. The molecule has 1 unspecified atom stereocenters. The molecule has 3 rings (SSSR count). The van der Waals surface area contributed by atoms with Crippen LogP contribution in [0.5, 0.6) is 0 Å². The lowest BCUT2D eigenvalue weighted by molar-refractivity contribution is 0.0499. The summed E-state index contributed by atoms with van der Waals surface area (Å²) in [6, 6.07) is 11.8. The Morgan fingerprint density at radius 1 is 1.17 bits per heavy atom. The molecule has 6 nitrogen and oxygen atoms in total. The Morgan fingerprint density at radius 3 is 2.59 bits per heavy atom. The van der Waals surface area contributed by atoms with Crippen LogP contribution in [0.1, 0.15) is 21.7 Å². The number of carbonyl (C=O) groups is 1. The number of thiophene rings is 1. The van der Waals surface area contributed by atoms with Crippen LogP contribution in [0.4, 0.5) is 5.69 Å². The molecule has 0 radical (unpaired) electrons. The van der Waals surface area contributed by atoms with Crippen molar-refractivity contribution in [3.8, 4) is 0 Å². The second-order valence-electron chi connectivity index (χ2n) is 7.28. The maximum atomic E-state index is 12.1. The molecular formula is C21H27ClN4O2S.